The molecule has 0 unspecified atom stereocenters. The van der Waals surface area contributed by atoms with E-state index in [1.54, 1.807) is 39.0 Å². The van der Waals surface area contributed by atoms with Gasteiger partial charge in [-0.05, 0) is 82.7 Å². The number of nitrogens with one attached hydrogen (secondary N) is 4. The first kappa shape index (κ1) is 36.5. The van der Waals surface area contributed by atoms with Gasteiger partial charge in [0.1, 0.15) is 11.1 Å². The van der Waals surface area contributed by atoms with Gasteiger partial charge in [-0.2, -0.15) is 26.3 Å². The van der Waals surface area contributed by atoms with E-state index in [1.165, 1.54) is 14.0 Å². The van der Waals surface area contributed by atoms with Crippen LogP contribution in [0.4, 0.5) is 35.9 Å². The molecule has 3 rings (SSSR count). The van der Waals surface area contributed by atoms with E-state index < -0.39 is 64.2 Å². The van der Waals surface area contributed by atoms with Crippen molar-refractivity contribution in [1.82, 2.24) is 21.5 Å². The average Bonchev–Trinajstić information content (AvgIpc) is 2.97. The first-order valence-corrected chi connectivity index (χ1v) is 14.5. The summed E-state index contributed by atoms with van der Waals surface area (Å²) in [5.74, 6) is -0.500. The molecule has 1 aliphatic rings. The maximum Gasteiger partial charge on any atom is 0.426 e. The second-order valence-corrected chi connectivity index (χ2v) is 12.3. The predicted molar refractivity (Wildman–Crippen MR) is 155 cm³/mol. The first-order chi connectivity index (χ1) is 21.2. The average molecular weight is 661 g/mol. The number of ether oxygens (including phenoxy) is 2. The number of carbonyl (C=O) groups excluding carboxylic acids is 3. The third-order valence-corrected chi connectivity index (χ3v) is 7.83. The van der Waals surface area contributed by atoms with Crippen molar-refractivity contribution < 1.29 is 50.2 Å². The molecule has 4 amide bonds. The first-order valence-electron chi connectivity index (χ1n) is 14.5. The Labute approximate surface area is 262 Å². The summed E-state index contributed by atoms with van der Waals surface area (Å²) in [5, 5.41) is 5.18. The Balaban J connectivity index is 1.83. The standard InChI is InChI=1S/C31H38F6N4O5/c1-19(20-15-22(30(32,33)34)17-23(16-20)31(35,36)37)45-18-28(21-9-7-6-8-10-21)11-13-29(14-12-28,24(42)38-5)39-25(43)40-41-26(44)46-27(2,3)4/h6-10,15-17,19H,11-14,18H2,1-5H3,(H,38,42)(H,41,44)(H2,39,40,43)/t19-,28?,29?/m1/s1. The topological polar surface area (TPSA) is 118 Å². The van der Waals surface area contributed by atoms with Gasteiger partial charge < -0.3 is 20.1 Å². The quantitative estimate of drug-likeness (QED) is 0.199. The normalized spacial score (nSPS) is 21.1. The van der Waals surface area contributed by atoms with Crippen LogP contribution in [0.1, 0.15) is 81.7 Å². The SMILES string of the molecule is CNC(=O)C1(NC(=O)NNC(=O)OC(C)(C)C)CCC(CO[C@H](C)c2cc(C(F)(F)F)cc(C(F)(F)F)c2)(c2ccccc2)CC1. The molecule has 0 bridgehead atoms. The highest BCUT2D eigenvalue weighted by molar-refractivity contribution is 5.91. The number of hydrogen-bond donors (Lipinski definition) is 4. The lowest BCUT2D eigenvalue weighted by Gasteiger charge is -2.46. The van der Waals surface area contributed by atoms with E-state index in [9.17, 15) is 40.7 Å². The van der Waals surface area contributed by atoms with Gasteiger partial charge in [0.25, 0.3) is 0 Å². The molecule has 4 N–H and O–H groups in total. The highest BCUT2D eigenvalue weighted by Gasteiger charge is 2.49. The third kappa shape index (κ3) is 9.27. The van der Waals surface area contributed by atoms with Crippen molar-refractivity contribution in [2.45, 2.75) is 88.4 Å². The van der Waals surface area contributed by atoms with Gasteiger partial charge in [0.2, 0.25) is 5.91 Å². The minimum absolute atomic E-state index is 0.0629. The Hall–Kier alpha value is -4.01. The van der Waals surface area contributed by atoms with E-state index in [1.807, 2.05) is 12.1 Å². The molecule has 1 fully saturated rings. The Morgan fingerprint density at radius 1 is 0.848 bits per heavy atom. The molecule has 0 spiro atoms. The number of rotatable bonds is 7. The number of halogens is 6. The summed E-state index contributed by atoms with van der Waals surface area (Å²) in [6.07, 6.45) is -11.4. The van der Waals surface area contributed by atoms with Crippen LogP contribution in [0, 0.1) is 0 Å². The highest BCUT2D eigenvalue weighted by Crippen LogP contribution is 2.45. The fraction of sp³-hybridized carbons (Fsp3) is 0.516. The summed E-state index contributed by atoms with van der Waals surface area (Å²) >= 11 is 0. The van der Waals surface area contributed by atoms with E-state index in [4.69, 9.17) is 9.47 Å². The molecule has 0 radical (unpaired) electrons. The van der Waals surface area contributed by atoms with Gasteiger partial charge in [-0.3, -0.25) is 4.79 Å². The molecule has 46 heavy (non-hydrogen) atoms. The number of amides is 4. The molecule has 1 saturated carbocycles. The van der Waals surface area contributed by atoms with Crippen molar-refractivity contribution in [3.05, 3.63) is 70.8 Å². The van der Waals surface area contributed by atoms with Crippen molar-refractivity contribution >= 4 is 18.0 Å². The van der Waals surface area contributed by atoms with E-state index >= 15 is 0 Å². The second kappa shape index (κ2) is 13.8. The van der Waals surface area contributed by atoms with Gasteiger partial charge in [0.15, 0.2) is 0 Å². The van der Waals surface area contributed by atoms with Crippen molar-refractivity contribution in [3.63, 3.8) is 0 Å². The largest absolute Gasteiger partial charge is 0.443 e. The molecule has 1 atom stereocenters. The fourth-order valence-corrected chi connectivity index (χ4v) is 5.37. The van der Waals surface area contributed by atoms with Crippen LogP contribution in [0.25, 0.3) is 0 Å². The summed E-state index contributed by atoms with van der Waals surface area (Å²) < 4.78 is 91.9. The number of likely N-dealkylation sites (N-methyl/N-ethyl adjacent to an activating group) is 1. The maximum absolute atomic E-state index is 13.5. The Kier molecular flexibility index (Phi) is 10.9. The molecular weight excluding hydrogens is 622 g/mol. The van der Waals surface area contributed by atoms with Gasteiger partial charge in [0.05, 0.1) is 23.8 Å². The molecule has 0 aliphatic heterocycles. The zero-order valence-electron chi connectivity index (χ0n) is 26.0. The number of alkyl halides is 6. The van der Waals surface area contributed by atoms with Crippen LogP contribution in [-0.2, 0) is 32.0 Å². The summed E-state index contributed by atoms with van der Waals surface area (Å²) in [6.45, 7) is 6.18. The van der Waals surface area contributed by atoms with E-state index in [0.29, 0.717) is 12.1 Å². The third-order valence-electron chi connectivity index (χ3n) is 7.83. The van der Waals surface area contributed by atoms with Crippen LogP contribution < -0.4 is 21.5 Å². The fourth-order valence-electron chi connectivity index (χ4n) is 5.37. The summed E-state index contributed by atoms with van der Waals surface area (Å²) in [7, 11) is 1.40. The zero-order valence-corrected chi connectivity index (χ0v) is 26.0. The molecule has 2 aromatic carbocycles. The summed E-state index contributed by atoms with van der Waals surface area (Å²) in [4.78, 5) is 37.8. The van der Waals surface area contributed by atoms with Gasteiger partial charge in [-0.1, -0.05) is 30.3 Å². The molecule has 9 nitrogen and oxygen atoms in total. The molecule has 1 aliphatic carbocycles. The van der Waals surface area contributed by atoms with E-state index in [2.05, 4.69) is 21.5 Å². The lowest BCUT2D eigenvalue weighted by Crippen LogP contribution is -2.64. The van der Waals surface area contributed by atoms with Crippen LogP contribution in [-0.4, -0.2) is 42.8 Å². The summed E-state index contributed by atoms with van der Waals surface area (Å²) in [6, 6.07) is 9.43. The minimum atomic E-state index is -5.00. The van der Waals surface area contributed by atoms with E-state index in [-0.39, 0.29) is 43.9 Å². The van der Waals surface area contributed by atoms with Gasteiger partial charge >= 0.3 is 24.5 Å². The molecule has 254 valence electrons. The molecule has 2 aromatic rings. The summed E-state index contributed by atoms with van der Waals surface area (Å²) in [5.41, 5.74) is -1.18. The maximum atomic E-state index is 13.5. The Morgan fingerprint density at radius 3 is 1.87 bits per heavy atom. The lowest BCUT2D eigenvalue weighted by atomic mass is 9.64. The van der Waals surface area contributed by atoms with Gasteiger partial charge in [0, 0.05) is 12.5 Å². The highest BCUT2D eigenvalue weighted by atomic mass is 19.4. The Morgan fingerprint density at radius 2 is 1.39 bits per heavy atom. The number of hydrazine groups is 1. The van der Waals surface area contributed by atoms with Crippen molar-refractivity contribution in [1.29, 1.82) is 0 Å². The monoisotopic (exact) mass is 660 g/mol. The van der Waals surface area contributed by atoms with Crippen LogP contribution in [0.3, 0.4) is 0 Å². The molecular formula is C31H38F6N4O5. The predicted octanol–water partition coefficient (Wildman–Crippen LogP) is 6.54. The molecule has 15 heteroatoms. The number of carbonyl (C=O) groups is 3. The Bertz CT molecular complexity index is 1350. The minimum Gasteiger partial charge on any atom is -0.443 e. The van der Waals surface area contributed by atoms with Crippen molar-refractivity contribution in [3.8, 4) is 0 Å². The second-order valence-electron chi connectivity index (χ2n) is 12.3. The van der Waals surface area contributed by atoms with E-state index in [0.717, 1.165) is 5.56 Å². The van der Waals surface area contributed by atoms with Crippen LogP contribution in [0.5, 0.6) is 0 Å². The number of hydrogen-bond acceptors (Lipinski definition) is 5. The zero-order chi connectivity index (χ0) is 34.6. The van der Waals surface area contributed by atoms with Crippen LogP contribution in [0.15, 0.2) is 48.5 Å². The molecule has 0 saturated heterocycles. The number of urea groups is 1. The molecule has 0 heterocycles. The van der Waals surface area contributed by atoms with Crippen LogP contribution >= 0.6 is 0 Å². The van der Waals surface area contributed by atoms with Crippen molar-refractivity contribution in [2.24, 2.45) is 0 Å². The van der Waals surface area contributed by atoms with Crippen molar-refractivity contribution in [2.75, 3.05) is 13.7 Å². The van der Waals surface area contributed by atoms with Gasteiger partial charge in [-0.15, -0.1) is 0 Å². The molecule has 0 aromatic heterocycles. The lowest BCUT2D eigenvalue weighted by molar-refractivity contribution is -0.143. The van der Waals surface area contributed by atoms with Gasteiger partial charge in [-0.25, -0.2) is 20.4 Å². The smallest absolute Gasteiger partial charge is 0.426 e. The number of benzene rings is 2. The van der Waals surface area contributed by atoms with Crippen LogP contribution in [0.2, 0.25) is 0 Å².